The molecule has 1 aromatic carbocycles. The molecule has 0 radical (unpaired) electrons. The first-order valence-corrected chi connectivity index (χ1v) is 5.41. The molecule has 0 saturated heterocycles. The smallest absolute Gasteiger partial charge is 0.126 e. The molecule has 0 saturated carbocycles. The standard InChI is InChI=1S/C12H19FN2/c1-10(15-8-4-7-14)9-11-5-2-3-6-12(11)13/h2-3,5-6,10,15H,4,7-9,14H2,1H3. The van der Waals surface area contributed by atoms with Crippen molar-refractivity contribution in [1.82, 2.24) is 5.32 Å². The minimum atomic E-state index is -0.120. The Labute approximate surface area is 90.7 Å². The maximum absolute atomic E-state index is 13.3. The second-order valence-corrected chi connectivity index (χ2v) is 3.79. The first kappa shape index (κ1) is 12.1. The lowest BCUT2D eigenvalue weighted by atomic mass is 10.1. The third kappa shape index (κ3) is 4.40. The Morgan fingerprint density at radius 1 is 1.40 bits per heavy atom. The molecule has 3 N–H and O–H groups in total. The van der Waals surface area contributed by atoms with E-state index in [1.807, 2.05) is 12.1 Å². The number of nitrogens with one attached hydrogen (secondary N) is 1. The van der Waals surface area contributed by atoms with Crippen molar-refractivity contribution in [2.45, 2.75) is 25.8 Å². The van der Waals surface area contributed by atoms with E-state index in [9.17, 15) is 4.39 Å². The average molecular weight is 210 g/mol. The van der Waals surface area contributed by atoms with E-state index in [4.69, 9.17) is 5.73 Å². The zero-order valence-electron chi connectivity index (χ0n) is 9.17. The molecule has 1 aromatic rings. The summed E-state index contributed by atoms with van der Waals surface area (Å²) in [7, 11) is 0. The van der Waals surface area contributed by atoms with Crippen LogP contribution in [0.2, 0.25) is 0 Å². The number of nitrogens with two attached hydrogens (primary N) is 1. The summed E-state index contributed by atoms with van der Waals surface area (Å²) >= 11 is 0. The molecular formula is C12H19FN2. The summed E-state index contributed by atoms with van der Waals surface area (Å²) in [6.07, 6.45) is 1.68. The van der Waals surface area contributed by atoms with Gasteiger partial charge in [-0.1, -0.05) is 18.2 Å². The van der Waals surface area contributed by atoms with Gasteiger partial charge in [-0.25, -0.2) is 4.39 Å². The SMILES string of the molecule is CC(Cc1ccccc1F)NCCCN. The third-order valence-corrected chi connectivity index (χ3v) is 2.36. The molecule has 0 spiro atoms. The predicted octanol–water partition coefficient (Wildman–Crippen LogP) is 1.70. The van der Waals surface area contributed by atoms with Crippen molar-refractivity contribution in [3.63, 3.8) is 0 Å². The van der Waals surface area contributed by atoms with Crippen LogP contribution in [0.25, 0.3) is 0 Å². The number of halogens is 1. The fraction of sp³-hybridized carbons (Fsp3) is 0.500. The Morgan fingerprint density at radius 3 is 2.80 bits per heavy atom. The minimum Gasteiger partial charge on any atom is -0.330 e. The minimum absolute atomic E-state index is 0.120. The highest BCUT2D eigenvalue weighted by molar-refractivity contribution is 5.18. The topological polar surface area (TPSA) is 38.0 Å². The zero-order valence-corrected chi connectivity index (χ0v) is 9.17. The number of hydrogen-bond acceptors (Lipinski definition) is 2. The Hall–Kier alpha value is -0.930. The van der Waals surface area contributed by atoms with Gasteiger partial charge in [0.15, 0.2) is 0 Å². The van der Waals surface area contributed by atoms with Crippen LogP contribution in [0, 0.1) is 5.82 Å². The fourth-order valence-corrected chi connectivity index (χ4v) is 1.52. The van der Waals surface area contributed by atoms with Crippen LogP contribution in [-0.4, -0.2) is 19.1 Å². The Bertz CT molecular complexity index is 289. The number of hydrogen-bond donors (Lipinski definition) is 2. The molecule has 0 aliphatic rings. The number of benzene rings is 1. The first-order chi connectivity index (χ1) is 7.24. The molecule has 0 heterocycles. The average Bonchev–Trinajstić information content (AvgIpc) is 2.22. The Kier molecular flexibility index (Phi) is 5.29. The molecule has 0 aromatic heterocycles. The van der Waals surface area contributed by atoms with Gasteiger partial charge in [-0.05, 0) is 44.5 Å². The lowest BCUT2D eigenvalue weighted by molar-refractivity contribution is 0.520. The number of rotatable bonds is 6. The molecule has 84 valence electrons. The van der Waals surface area contributed by atoms with Crippen molar-refractivity contribution in [3.05, 3.63) is 35.6 Å². The largest absolute Gasteiger partial charge is 0.330 e. The normalized spacial score (nSPS) is 12.7. The molecule has 2 nitrogen and oxygen atoms in total. The zero-order chi connectivity index (χ0) is 11.1. The van der Waals surface area contributed by atoms with E-state index in [2.05, 4.69) is 12.2 Å². The van der Waals surface area contributed by atoms with Gasteiger partial charge in [0, 0.05) is 6.04 Å². The van der Waals surface area contributed by atoms with Crippen LogP contribution in [0.5, 0.6) is 0 Å². The van der Waals surface area contributed by atoms with E-state index in [0.29, 0.717) is 6.54 Å². The van der Waals surface area contributed by atoms with Gasteiger partial charge in [-0.3, -0.25) is 0 Å². The van der Waals surface area contributed by atoms with Crippen LogP contribution in [0.4, 0.5) is 4.39 Å². The highest BCUT2D eigenvalue weighted by Gasteiger charge is 2.05. The molecule has 1 rings (SSSR count). The quantitative estimate of drug-likeness (QED) is 0.701. The van der Waals surface area contributed by atoms with E-state index in [-0.39, 0.29) is 11.9 Å². The van der Waals surface area contributed by atoms with Crippen LogP contribution in [0.1, 0.15) is 18.9 Å². The van der Waals surface area contributed by atoms with E-state index in [1.165, 1.54) is 6.07 Å². The fourth-order valence-electron chi connectivity index (χ4n) is 1.52. The van der Waals surface area contributed by atoms with Gasteiger partial charge < -0.3 is 11.1 Å². The van der Waals surface area contributed by atoms with Gasteiger partial charge in [0.1, 0.15) is 5.82 Å². The Balaban J connectivity index is 2.37. The van der Waals surface area contributed by atoms with Crippen LogP contribution in [0.15, 0.2) is 24.3 Å². The summed E-state index contributed by atoms with van der Waals surface area (Å²) in [5.74, 6) is -0.120. The van der Waals surface area contributed by atoms with Crippen LogP contribution < -0.4 is 11.1 Å². The molecule has 15 heavy (non-hydrogen) atoms. The van der Waals surface area contributed by atoms with Crippen LogP contribution in [0.3, 0.4) is 0 Å². The van der Waals surface area contributed by atoms with Gasteiger partial charge in [0.2, 0.25) is 0 Å². The molecule has 0 bridgehead atoms. The molecule has 0 aliphatic heterocycles. The second kappa shape index (κ2) is 6.53. The molecule has 0 amide bonds. The molecule has 1 unspecified atom stereocenters. The summed E-state index contributed by atoms with van der Waals surface area (Å²) in [5, 5.41) is 3.31. The van der Waals surface area contributed by atoms with E-state index < -0.39 is 0 Å². The molecule has 0 aliphatic carbocycles. The highest BCUT2D eigenvalue weighted by atomic mass is 19.1. The van der Waals surface area contributed by atoms with Crippen molar-refractivity contribution in [2.24, 2.45) is 5.73 Å². The highest BCUT2D eigenvalue weighted by Crippen LogP contribution is 2.08. The van der Waals surface area contributed by atoms with Crippen molar-refractivity contribution in [1.29, 1.82) is 0 Å². The predicted molar refractivity (Wildman–Crippen MR) is 61.2 cm³/mol. The summed E-state index contributed by atoms with van der Waals surface area (Å²) < 4.78 is 13.3. The van der Waals surface area contributed by atoms with Crippen LogP contribution >= 0.6 is 0 Å². The van der Waals surface area contributed by atoms with Crippen molar-refractivity contribution in [3.8, 4) is 0 Å². The van der Waals surface area contributed by atoms with Gasteiger partial charge in [-0.15, -0.1) is 0 Å². The van der Waals surface area contributed by atoms with Crippen LogP contribution in [-0.2, 0) is 6.42 Å². The molecular weight excluding hydrogens is 191 g/mol. The summed E-state index contributed by atoms with van der Waals surface area (Å²) in [4.78, 5) is 0. The first-order valence-electron chi connectivity index (χ1n) is 5.41. The summed E-state index contributed by atoms with van der Waals surface area (Å²) in [6, 6.07) is 7.20. The van der Waals surface area contributed by atoms with Crippen molar-refractivity contribution in [2.75, 3.05) is 13.1 Å². The van der Waals surface area contributed by atoms with Crippen molar-refractivity contribution < 1.29 is 4.39 Å². The maximum atomic E-state index is 13.3. The van der Waals surface area contributed by atoms with Gasteiger partial charge in [0.05, 0.1) is 0 Å². The monoisotopic (exact) mass is 210 g/mol. The van der Waals surface area contributed by atoms with Gasteiger partial charge in [0.25, 0.3) is 0 Å². The Morgan fingerprint density at radius 2 is 2.13 bits per heavy atom. The van der Waals surface area contributed by atoms with Crippen molar-refractivity contribution >= 4 is 0 Å². The molecule has 0 fully saturated rings. The summed E-state index contributed by atoms with van der Waals surface area (Å²) in [5.41, 5.74) is 6.16. The summed E-state index contributed by atoms with van der Waals surface area (Å²) in [6.45, 7) is 3.65. The lowest BCUT2D eigenvalue weighted by Crippen LogP contribution is -2.30. The van der Waals surface area contributed by atoms with E-state index >= 15 is 0 Å². The van der Waals surface area contributed by atoms with Gasteiger partial charge in [-0.2, -0.15) is 0 Å². The molecule has 3 heteroatoms. The van der Waals surface area contributed by atoms with E-state index in [0.717, 1.165) is 24.9 Å². The second-order valence-electron chi connectivity index (χ2n) is 3.79. The maximum Gasteiger partial charge on any atom is 0.126 e. The van der Waals surface area contributed by atoms with Gasteiger partial charge >= 0.3 is 0 Å². The lowest BCUT2D eigenvalue weighted by Gasteiger charge is -2.13. The molecule has 1 atom stereocenters. The van der Waals surface area contributed by atoms with E-state index in [1.54, 1.807) is 6.07 Å². The third-order valence-electron chi connectivity index (χ3n) is 2.36.